The molecular formula is C40H65N3O7. The lowest BCUT2D eigenvalue weighted by Gasteiger charge is -2.40. The number of ketones is 1. The lowest BCUT2D eigenvalue weighted by atomic mass is 9.74. The maximum absolute atomic E-state index is 14.0. The summed E-state index contributed by atoms with van der Waals surface area (Å²) >= 11 is 0. The van der Waals surface area contributed by atoms with Crippen molar-refractivity contribution in [3.8, 4) is 0 Å². The predicted octanol–water partition coefficient (Wildman–Crippen LogP) is 6.59. The van der Waals surface area contributed by atoms with Crippen LogP contribution in [0.3, 0.4) is 0 Å². The van der Waals surface area contributed by atoms with Gasteiger partial charge in [-0.1, -0.05) is 96.6 Å². The number of rotatable bonds is 21. The number of nitrogens with zero attached hydrogens (tertiary/aromatic N) is 1. The van der Waals surface area contributed by atoms with Crippen LogP contribution in [0.15, 0.2) is 30.3 Å². The lowest BCUT2D eigenvalue weighted by molar-refractivity contribution is -0.143. The van der Waals surface area contributed by atoms with Crippen LogP contribution in [-0.2, 0) is 34.1 Å². The van der Waals surface area contributed by atoms with E-state index in [0.29, 0.717) is 32.4 Å². The summed E-state index contributed by atoms with van der Waals surface area (Å²) in [6.07, 6.45) is 6.76. The van der Waals surface area contributed by atoms with Crippen LogP contribution in [0.2, 0.25) is 0 Å². The second-order valence-corrected chi connectivity index (χ2v) is 15.6. The average molecular weight is 700 g/mol. The molecule has 1 heterocycles. The smallest absolute Gasteiger partial charge is 0.326 e. The summed E-state index contributed by atoms with van der Waals surface area (Å²) in [6, 6.07) is 8.30. The van der Waals surface area contributed by atoms with E-state index in [1.54, 1.807) is 13.8 Å². The van der Waals surface area contributed by atoms with Crippen molar-refractivity contribution < 1.29 is 33.8 Å². The zero-order chi connectivity index (χ0) is 37.5. The van der Waals surface area contributed by atoms with Gasteiger partial charge in [-0.2, -0.15) is 0 Å². The number of amides is 3. The van der Waals surface area contributed by atoms with Crippen molar-refractivity contribution in [1.82, 2.24) is 15.5 Å². The predicted molar refractivity (Wildman–Crippen MR) is 197 cm³/mol. The summed E-state index contributed by atoms with van der Waals surface area (Å²) < 4.78 is 6.14. The fourth-order valence-electron chi connectivity index (χ4n) is 6.73. The van der Waals surface area contributed by atoms with Gasteiger partial charge < -0.3 is 25.4 Å². The van der Waals surface area contributed by atoms with E-state index in [0.717, 1.165) is 44.9 Å². The first-order chi connectivity index (χ1) is 23.5. The van der Waals surface area contributed by atoms with Crippen molar-refractivity contribution in [2.45, 2.75) is 162 Å². The molecule has 0 unspecified atom stereocenters. The molecule has 10 nitrogen and oxygen atoms in total. The minimum atomic E-state index is -1.11. The number of carbonyl (C=O) groups excluding carboxylic acids is 4. The highest BCUT2D eigenvalue weighted by atomic mass is 16.5. The number of benzene rings is 1. The molecule has 0 radical (unpaired) electrons. The van der Waals surface area contributed by atoms with Gasteiger partial charge >= 0.3 is 5.97 Å². The molecule has 1 aromatic carbocycles. The van der Waals surface area contributed by atoms with Crippen LogP contribution in [0.5, 0.6) is 0 Å². The van der Waals surface area contributed by atoms with E-state index < -0.39 is 47.5 Å². The van der Waals surface area contributed by atoms with Crippen molar-refractivity contribution in [2.24, 2.45) is 11.8 Å². The molecule has 1 aliphatic rings. The van der Waals surface area contributed by atoms with Crippen LogP contribution in [0, 0.1) is 11.8 Å². The fraction of sp³-hybridized carbons (Fsp3) is 0.725. The molecule has 282 valence electrons. The summed E-state index contributed by atoms with van der Waals surface area (Å²) in [4.78, 5) is 68.1. The molecule has 0 aliphatic carbocycles. The van der Waals surface area contributed by atoms with Crippen LogP contribution in [0.25, 0.3) is 0 Å². The Labute approximate surface area is 300 Å². The molecule has 1 fully saturated rings. The highest BCUT2D eigenvalue weighted by Crippen LogP contribution is 2.35. The van der Waals surface area contributed by atoms with Gasteiger partial charge in [0, 0.05) is 37.8 Å². The zero-order valence-electron chi connectivity index (χ0n) is 32.0. The Bertz CT molecular complexity index is 1240. The molecule has 1 aliphatic heterocycles. The molecular weight excluding hydrogens is 634 g/mol. The average Bonchev–Trinajstić information content (AvgIpc) is 3.05. The molecule has 0 aromatic heterocycles. The Morgan fingerprint density at radius 2 is 1.44 bits per heavy atom. The van der Waals surface area contributed by atoms with E-state index in [2.05, 4.69) is 36.6 Å². The van der Waals surface area contributed by atoms with E-state index >= 15 is 0 Å². The Morgan fingerprint density at radius 3 is 1.98 bits per heavy atom. The van der Waals surface area contributed by atoms with Crippen LogP contribution >= 0.6 is 0 Å². The third-order valence-corrected chi connectivity index (χ3v) is 9.96. The number of ether oxygens (including phenoxy) is 1. The number of likely N-dealkylation sites (tertiary alicyclic amines) is 1. The van der Waals surface area contributed by atoms with Gasteiger partial charge in [-0.25, -0.2) is 4.79 Å². The standard InChI is InChI=1S/C40H65N3O7/c1-9-11-14-18-30(27-34(45)43-24-22-40(8,23-25-43)31-19-16-13-17-20-31)37(47)42-35(29(4)50-39(5,6)7)33(44)26-28(3)36(46)41-32(38(48)49)21-15-12-10-2/h13,16-17,19-20,28-30,32,35H,9-12,14-15,18,21-27H2,1-8H3,(H,41,46)(H,42,47)(H,48,49)/t28-,29-,30-,32+,35+/m1/s1. The Morgan fingerprint density at radius 1 is 0.860 bits per heavy atom. The monoisotopic (exact) mass is 699 g/mol. The van der Waals surface area contributed by atoms with E-state index in [-0.39, 0.29) is 35.9 Å². The van der Waals surface area contributed by atoms with Gasteiger partial charge in [-0.15, -0.1) is 0 Å². The molecule has 0 bridgehead atoms. The molecule has 1 saturated heterocycles. The quantitative estimate of drug-likeness (QED) is 0.123. The summed E-state index contributed by atoms with van der Waals surface area (Å²) in [5.41, 5.74) is 0.647. The number of hydrogen-bond donors (Lipinski definition) is 3. The molecule has 5 atom stereocenters. The minimum Gasteiger partial charge on any atom is -0.480 e. The molecule has 1 aromatic rings. The first-order valence-corrected chi connectivity index (χ1v) is 18.9. The van der Waals surface area contributed by atoms with Gasteiger partial charge in [-0.3, -0.25) is 19.2 Å². The number of piperidine rings is 1. The topological polar surface area (TPSA) is 142 Å². The third-order valence-electron chi connectivity index (χ3n) is 9.96. The fourth-order valence-corrected chi connectivity index (χ4v) is 6.73. The van der Waals surface area contributed by atoms with Crippen molar-refractivity contribution in [1.29, 1.82) is 0 Å². The summed E-state index contributed by atoms with van der Waals surface area (Å²) in [6.45, 7) is 16.5. The van der Waals surface area contributed by atoms with E-state index in [4.69, 9.17) is 4.74 Å². The van der Waals surface area contributed by atoms with E-state index in [1.165, 1.54) is 5.56 Å². The van der Waals surface area contributed by atoms with Gasteiger partial charge in [0.05, 0.1) is 11.7 Å². The highest BCUT2D eigenvalue weighted by molar-refractivity contribution is 5.94. The summed E-state index contributed by atoms with van der Waals surface area (Å²) in [7, 11) is 0. The lowest BCUT2D eigenvalue weighted by Crippen LogP contribution is -2.53. The van der Waals surface area contributed by atoms with Crippen LogP contribution in [0.1, 0.15) is 138 Å². The number of Topliss-reactive ketones (excluding diaryl/α,β-unsaturated/α-hetero) is 1. The first-order valence-electron chi connectivity index (χ1n) is 18.9. The Kier molecular flexibility index (Phi) is 17.6. The maximum atomic E-state index is 14.0. The number of carboxylic acids is 1. The van der Waals surface area contributed by atoms with Gasteiger partial charge in [0.1, 0.15) is 12.1 Å². The van der Waals surface area contributed by atoms with Crippen molar-refractivity contribution in [3.05, 3.63) is 35.9 Å². The molecule has 3 amide bonds. The van der Waals surface area contributed by atoms with Crippen LogP contribution in [0.4, 0.5) is 0 Å². The first kappa shape index (κ1) is 42.9. The zero-order valence-corrected chi connectivity index (χ0v) is 32.0. The largest absolute Gasteiger partial charge is 0.480 e. The summed E-state index contributed by atoms with van der Waals surface area (Å²) in [5, 5.41) is 15.2. The van der Waals surface area contributed by atoms with Gasteiger partial charge in [-0.05, 0) is 64.4 Å². The van der Waals surface area contributed by atoms with Gasteiger partial charge in [0.2, 0.25) is 17.7 Å². The maximum Gasteiger partial charge on any atom is 0.326 e. The normalized spacial score (nSPS) is 17.6. The van der Waals surface area contributed by atoms with Crippen LogP contribution < -0.4 is 10.6 Å². The molecule has 0 saturated carbocycles. The SMILES string of the molecule is CCCCC[C@H](CC(=O)N1CCC(C)(c2ccccc2)CC1)C(=O)N[C@H](C(=O)C[C@@H](C)C(=O)N[C@@H](CCCCC)C(=O)O)[C@@H](C)OC(C)(C)C. The van der Waals surface area contributed by atoms with Crippen LogP contribution in [-0.4, -0.2) is 76.4 Å². The Hall–Kier alpha value is -3.27. The molecule has 2 rings (SSSR count). The third kappa shape index (κ3) is 14.2. The number of nitrogens with one attached hydrogen (secondary N) is 2. The molecule has 10 heteroatoms. The highest BCUT2D eigenvalue weighted by Gasteiger charge is 2.37. The van der Waals surface area contributed by atoms with Crippen molar-refractivity contribution >= 4 is 29.5 Å². The van der Waals surface area contributed by atoms with Gasteiger partial charge in [0.15, 0.2) is 5.78 Å². The second kappa shape index (κ2) is 20.5. The summed E-state index contributed by atoms with van der Waals surface area (Å²) in [5.74, 6) is -3.88. The number of unbranched alkanes of at least 4 members (excludes halogenated alkanes) is 4. The minimum absolute atomic E-state index is 0.00958. The molecule has 50 heavy (non-hydrogen) atoms. The van der Waals surface area contributed by atoms with Crippen molar-refractivity contribution in [3.63, 3.8) is 0 Å². The Balaban J connectivity index is 2.17. The van der Waals surface area contributed by atoms with Gasteiger partial charge in [0.25, 0.3) is 0 Å². The van der Waals surface area contributed by atoms with Crippen molar-refractivity contribution in [2.75, 3.05) is 13.1 Å². The number of aliphatic carboxylic acids is 1. The molecule has 3 N–H and O–H groups in total. The number of hydrogen-bond acceptors (Lipinski definition) is 6. The second-order valence-electron chi connectivity index (χ2n) is 15.6. The molecule has 0 spiro atoms. The number of carboxylic acid groups (broad SMARTS) is 1. The van der Waals surface area contributed by atoms with E-state index in [9.17, 15) is 29.1 Å². The van der Waals surface area contributed by atoms with E-state index in [1.807, 2.05) is 50.8 Å². The number of carbonyl (C=O) groups is 5.